The third kappa shape index (κ3) is 3.14. The Morgan fingerprint density at radius 2 is 2.05 bits per heavy atom. The number of benzene rings is 1. The van der Waals surface area contributed by atoms with Gasteiger partial charge in [0.2, 0.25) is 5.91 Å². The monoisotopic (exact) mass is 259 g/mol. The number of nitrogens with two attached hydrogens (primary N) is 1. The summed E-state index contributed by atoms with van der Waals surface area (Å²) in [6.07, 6.45) is 2.47. The van der Waals surface area contributed by atoms with Crippen LogP contribution in [-0.2, 0) is 4.79 Å². The Balaban J connectivity index is 2.17. The lowest BCUT2D eigenvalue weighted by molar-refractivity contribution is -0.117. The van der Waals surface area contributed by atoms with E-state index in [1.807, 2.05) is 30.3 Å². The third-order valence-electron chi connectivity index (χ3n) is 2.78. The van der Waals surface area contributed by atoms with Crippen LogP contribution in [0, 0.1) is 5.82 Å². The van der Waals surface area contributed by atoms with E-state index in [1.165, 1.54) is 12.3 Å². The van der Waals surface area contributed by atoms with Crippen molar-refractivity contribution in [3.05, 3.63) is 60.2 Å². The van der Waals surface area contributed by atoms with E-state index in [0.717, 1.165) is 11.8 Å². The van der Waals surface area contributed by atoms with Crippen LogP contribution < -0.4 is 11.1 Å². The molecule has 0 bridgehead atoms. The van der Waals surface area contributed by atoms with Crippen molar-refractivity contribution in [3.63, 3.8) is 0 Å². The molecule has 0 radical (unpaired) electrons. The fourth-order valence-electron chi connectivity index (χ4n) is 1.78. The molecule has 0 fully saturated rings. The molecule has 0 saturated heterocycles. The van der Waals surface area contributed by atoms with Crippen molar-refractivity contribution in [2.24, 2.45) is 5.73 Å². The number of halogens is 1. The number of hydrogen-bond donors (Lipinski definition) is 2. The van der Waals surface area contributed by atoms with Gasteiger partial charge in [0.05, 0.1) is 17.8 Å². The number of anilines is 1. The maximum Gasteiger partial charge on any atom is 0.233 e. The number of carbonyl (C=O) groups is 1. The van der Waals surface area contributed by atoms with Gasteiger partial charge in [0, 0.05) is 12.7 Å². The molecule has 1 heterocycles. The van der Waals surface area contributed by atoms with Crippen LogP contribution in [0.1, 0.15) is 11.5 Å². The van der Waals surface area contributed by atoms with Crippen LogP contribution in [0.15, 0.2) is 48.8 Å². The summed E-state index contributed by atoms with van der Waals surface area (Å²) in [6, 6.07) is 10.6. The number of aromatic nitrogens is 1. The first-order valence-corrected chi connectivity index (χ1v) is 5.87. The van der Waals surface area contributed by atoms with Crippen LogP contribution in [-0.4, -0.2) is 17.4 Å². The van der Waals surface area contributed by atoms with Crippen LogP contribution in [0.5, 0.6) is 0 Å². The fraction of sp³-hybridized carbons (Fsp3) is 0.143. The largest absolute Gasteiger partial charge is 0.329 e. The maximum atomic E-state index is 13.4. The van der Waals surface area contributed by atoms with E-state index in [0.29, 0.717) is 0 Å². The van der Waals surface area contributed by atoms with E-state index in [-0.39, 0.29) is 18.1 Å². The molecule has 1 unspecified atom stereocenters. The molecule has 3 N–H and O–H groups in total. The second-order valence-corrected chi connectivity index (χ2v) is 4.04. The number of carbonyl (C=O) groups excluding carboxylic acids is 1. The molecule has 4 nitrogen and oxygen atoms in total. The smallest absolute Gasteiger partial charge is 0.233 e. The minimum atomic E-state index is -0.570. The summed E-state index contributed by atoms with van der Waals surface area (Å²) < 4.78 is 13.4. The number of nitrogens with one attached hydrogen (secondary N) is 1. The molecular formula is C14H14FN3O. The van der Waals surface area contributed by atoms with E-state index in [1.54, 1.807) is 0 Å². The Morgan fingerprint density at radius 1 is 1.32 bits per heavy atom. The minimum Gasteiger partial charge on any atom is -0.329 e. The molecule has 0 saturated carbocycles. The van der Waals surface area contributed by atoms with Crippen LogP contribution >= 0.6 is 0 Å². The summed E-state index contributed by atoms with van der Waals surface area (Å²) in [7, 11) is 0. The lowest BCUT2D eigenvalue weighted by Gasteiger charge is -2.15. The number of nitrogens with zero attached hydrogens (tertiary/aromatic N) is 1. The average Bonchev–Trinajstić information content (AvgIpc) is 2.43. The van der Waals surface area contributed by atoms with Gasteiger partial charge in [-0.15, -0.1) is 0 Å². The summed E-state index contributed by atoms with van der Waals surface area (Å²) in [5, 5.41) is 2.53. The minimum absolute atomic E-state index is 0.106. The standard InChI is InChI=1S/C14H14FN3O/c15-12-9-17-7-6-13(12)18-14(19)11(8-16)10-4-2-1-3-5-10/h1-7,9,11H,8,16H2,(H,17,18,19). The average molecular weight is 259 g/mol. The fourth-order valence-corrected chi connectivity index (χ4v) is 1.78. The summed E-state index contributed by atoms with van der Waals surface area (Å²) in [5.74, 6) is -1.41. The molecule has 0 aliphatic rings. The lowest BCUT2D eigenvalue weighted by atomic mass is 9.98. The molecule has 1 aromatic carbocycles. The highest BCUT2D eigenvalue weighted by atomic mass is 19.1. The Morgan fingerprint density at radius 3 is 2.68 bits per heavy atom. The van der Waals surface area contributed by atoms with Crippen LogP contribution in [0.25, 0.3) is 0 Å². The molecule has 2 aromatic rings. The normalized spacial score (nSPS) is 11.9. The van der Waals surface area contributed by atoms with Crippen molar-refractivity contribution in [2.45, 2.75) is 5.92 Å². The van der Waals surface area contributed by atoms with Gasteiger partial charge in [-0.2, -0.15) is 0 Å². The molecule has 0 spiro atoms. The predicted octanol–water partition coefficient (Wildman–Crippen LogP) is 1.90. The van der Waals surface area contributed by atoms with E-state index in [9.17, 15) is 9.18 Å². The zero-order chi connectivity index (χ0) is 13.7. The highest BCUT2D eigenvalue weighted by Crippen LogP contribution is 2.18. The Labute approximate surface area is 110 Å². The number of hydrogen-bond acceptors (Lipinski definition) is 3. The Bertz CT molecular complexity index is 560. The third-order valence-corrected chi connectivity index (χ3v) is 2.78. The van der Waals surface area contributed by atoms with Gasteiger partial charge in [-0.1, -0.05) is 30.3 Å². The zero-order valence-corrected chi connectivity index (χ0v) is 10.2. The summed E-state index contributed by atoms with van der Waals surface area (Å²) >= 11 is 0. The van der Waals surface area contributed by atoms with Gasteiger partial charge in [-0.25, -0.2) is 4.39 Å². The molecule has 1 atom stereocenters. The molecule has 1 aromatic heterocycles. The number of pyridine rings is 1. The number of amides is 1. The van der Waals surface area contributed by atoms with Crippen molar-refractivity contribution >= 4 is 11.6 Å². The molecule has 0 aliphatic heterocycles. The van der Waals surface area contributed by atoms with Crippen molar-refractivity contribution in [1.29, 1.82) is 0 Å². The van der Waals surface area contributed by atoms with Gasteiger partial charge >= 0.3 is 0 Å². The Hall–Kier alpha value is -2.27. The molecule has 0 aliphatic carbocycles. The van der Waals surface area contributed by atoms with Gasteiger partial charge in [-0.05, 0) is 11.6 Å². The van der Waals surface area contributed by atoms with Gasteiger partial charge in [0.25, 0.3) is 0 Å². The molecule has 19 heavy (non-hydrogen) atoms. The van der Waals surface area contributed by atoms with Crippen LogP contribution in [0.4, 0.5) is 10.1 Å². The SMILES string of the molecule is NCC(C(=O)Nc1ccncc1F)c1ccccc1. The zero-order valence-electron chi connectivity index (χ0n) is 10.2. The van der Waals surface area contributed by atoms with Gasteiger partial charge in [0.1, 0.15) is 0 Å². The van der Waals surface area contributed by atoms with Crippen molar-refractivity contribution < 1.29 is 9.18 Å². The van der Waals surface area contributed by atoms with Crippen molar-refractivity contribution in [1.82, 2.24) is 4.98 Å². The lowest BCUT2D eigenvalue weighted by Crippen LogP contribution is -2.27. The predicted molar refractivity (Wildman–Crippen MR) is 71.1 cm³/mol. The highest BCUT2D eigenvalue weighted by molar-refractivity contribution is 5.96. The topological polar surface area (TPSA) is 68.0 Å². The highest BCUT2D eigenvalue weighted by Gasteiger charge is 2.19. The first-order valence-electron chi connectivity index (χ1n) is 5.87. The second-order valence-electron chi connectivity index (χ2n) is 4.04. The first-order chi connectivity index (χ1) is 9.22. The van der Waals surface area contributed by atoms with E-state index in [4.69, 9.17) is 5.73 Å². The van der Waals surface area contributed by atoms with Crippen molar-refractivity contribution in [2.75, 3.05) is 11.9 Å². The molecule has 1 amide bonds. The van der Waals surface area contributed by atoms with Crippen LogP contribution in [0.3, 0.4) is 0 Å². The van der Waals surface area contributed by atoms with Gasteiger partial charge in [-0.3, -0.25) is 9.78 Å². The molecule has 2 rings (SSSR count). The number of rotatable bonds is 4. The molecule has 5 heteroatoms. The maximum absolute atomic E-state index is 13.4. The van der Waals surface area contributed by atoms with Gasteiger partial charge in [0.15, 0.2) is 5.82 Å². The summed E-state index contributed by atoms with van der Waals surface area (Å²) in [5.41, 5.74) is 6.54. The second kappa shape index (κ2) is 6.06. The van der Waals surface area contributed by atoms with Crippen molar-refractivity contribution in [3.8, 4) is 0 Å². The summed E-state index contributed by atoms with van der Waals surface area (Å²) in [4.78, 5) is 15.7. The molecule has 98 valence electrons. The Kier molecular flexibility index (Phi) is 4.20. The van der Waals surface area contributed by atoms with E-state index >= 15 is 0 Å². The first kappa shape index (κ1) is 13.2. The summed E-state index contributed by atoms with van der Waals surface area (Å²) in [6.45, 7) is 0.155. The van der Waals surface area contributed by atoms with Crippen LogP contribution in [0.2, 0.25) is 0 Å². The van der Waals surface area contributed by atoms with E-state index < -0.39 is 11.7 Å². The van der Waals surface area contributed by atoms with Gasteiger partial charge < -0.3 is 11.1 Å². The van der Waals surface area contributed by atoms with E-state index in [2.05, 4.69) is 10.3 Å². The molecular weight excluding hydrogens is 245 g/mol. The quantitative estimate of drug-likeness (QED) is 0.881.